The zero-order valence-electron chi connectivity index (χ0n) is 13.3. The number of tetrazole rings is 1. The van der Waals surface area contributed by atoms with Crippen LogP contribution < -0.4 is 0 Å². The summed E-state index contributed by atoms with van der Waals surface area (Å²) in [4.78, 5) is 1.90. The minimum Gasteiger partial charge on any atom is -0.303 e. The molecule has 2 aromatic rings. The second-order valence-electron chi connectivity index (χ2n) is 6.13. The quantitative estimate of drug-likeness (QED) is 0.840. The molecule has 130 valence electrons. The summed E-state index contributed by atoms with van der Waals surface area (Å²) in [6, 6.07) is 9.56. The average molecular weight is 339 g/mol. The van der Waals surface area contributed by atoms with Gasteiger partial charge in [0.25, 0.3) is 0 Å². The molecule has 1 aliphatic heterocycles. The Kier molecular flexibility index (Phi) is 5.13. The van der Waals surface area contributed by atoms with Crippen LogP contribution in [0.1, 0.15) is 25.1 Å². The van der Waals surface area contributed by atoms with E-state index >= 15 is 0 Å². The highest BCUT2D eigenvalue weighted by molar-refractivity contribution is 5.30. The van der Waals surface area contributed by atoms with Gasteiger partial charge in [-0.15, -0.1) is 5.10 Å². The summed E-state index contributed by atoms with van der Waals surface area (Å²) in [7, 11) is 0. The summed E-state index contributed by atoms with van der Waals surface area (Å²) in [5, 5.41) is 11.7. The molecule has 0 radical (unpaired) electrons. The summed E-state index contributed by atoms with van der Waals surface area (Å²) in [5.74, 6) is -0.466. The lowest BCUT2D eigenvalue weighted by molar-refractivity contribution is -0.186. The number of nitrogens with zero attached hydrogens (tertiary/aromatic N) is 5. The Hall–Kier alpha value is -1.96. The van der Waals surface area contributed by atoms with Crippen LogP contribution in [0, 0.1) is 5.92 Å². The van der Waals surface area contributed by atoms with Gasteiger partial charge in [-0.05, 0) is 54.9 Å². The van der Waals surface area contributed by atoms with E-state index in [9.17, 15) is 13.2 Å². The van der Waals surface area contributed by atoms with Crippen LogP contribution in [0.3, 0.4) is 0 Å². The number of halogens is 3. The molecule has 0 aliphatic carbocycles. The van der Waals surface area contributed by atoms with Crippen molar-refractivity contribution in [2.45, 2.75) is 31.9 Å². The highest BCUT2D eigenvalue weighted by Gasteiger charge is 2.41. The molecule has 1 aromatic heterocycles. The van der Waals surface area contributed by atoms with E-state index in [1.54, 1.807) is 4.68 Å². The molecule has 0 saturated carbocycles. The van der Waals surface area contributed by atoms with Gasteiger partial charge in [0.2, 0.25) is 0 Å². The minimum absolute atomic E-state index is 0.104. The molecule has 0 spiro atoms. The minimum atomic E-state index is -4.09. The summed E-state index contributed by atoms with van der Waals surface area (Å²) in [6.07, 6.45) is -1.87. The molecule has 3 rings (SSSR count). The van der Waals surface area contributed by atoms with E-state index in [0.29, 0.717) is 19.4 Å². The Balaban J connectivity index is 1.53. The SMILES string of the molecule is FC(F)(F)[C@H]1CCCN(CCCc2nnnn2-c2ccccc2)C1. The molecule has 1 atom stereocenters. The lowest BCUT2D eigenvalue weighted by atomic mass is 9.97. The van der Waals surface area contributed by atoms with Crippen LogP contribution in [0.5, 0.6) is 0 Å². The molecule has 24 heavy (non-hydrogen) atoms. The molecule has 0 amide bonds. The molecule has 0 N–H and O–H groups in total. The van der Waals surface area contributed by atoms with Crippen molar-refractivity contribution in [2.24, 2.45) is 5.92 Å². The number of aromatic nitrogens is 4. The van der Waals surface area contributed by atoms with Crippen molar-refractivity contribution in [3.63, 3.8) is 0 Å². The van der Waals surface area contributed by atoms with Crippen LogP contribution in [0.25, 0.3) is 5.69 Å². The Morgan fingerprint density at radius 1 is 1.17 bits per heavy atom. The number of piperidine rings is 1. The fourth-order valence-corrected chi connectivity index (χ4v) is 3.12. The highest BCUT2D eigenvalue weighted by Crippen LogP contribution is 2.33. The molecular weight excluding hydrogens is 319 g/mol. The van der Waals surface area contributed by atoms with Gasteiger partial charge in [-0.3, -0.25) is 0 Å². The first-order valence-electron chi connectivity index (χ1n) is 8.16. The largest absolute Gasteiger partial charge is 0.393 e. The Labute approximate surface area is 138 Å². The van der Waals surface area contributed by atoms with E-state index in [1.807, 2.05) is 35.2 Å². The van der Waals surface area contributed by atoms with Gasteiger partial charge >= 0.3 is 6.18 Å². The van der Waals surface area contributed by atoms with E-state index in [-0.39, 0.29) is 13.0 Å². The zero-order valence-corrected chi connectivity index (χ0v) is 13.3. The Bertz CT molecular complexity index is 641. The van der Waals surface area contributed by atoms with Gasteiger partial charge in [0.1, 0.15) is 0 Å². The standard InChI is InChI=1S/C16H20F3N5/c17-16(18,19)13-6-4-10-23(12-13)11-5-9-15-20-21-22-24(15)14-7-2-1-3-8-14/h1-3,7-8,13H,4-6,9-12H2/t13-/m0/s1. The first kappa shape index (κ1) is 16.9. The van der Waals surface area contributed by atoms with E-state index in [0.717, 1.165) is 24.5 Å². The van der Waals surface area contributed by atoms with Crippen LogP contribution in [0.4, 0.5) is 13.2 Å². The molecule has 1 aromatic carbocycles. The lowest BCUT2D eigenvalue weighted by Gasteiger charge is -2.33. The number of aryl methyl sites for hydroxylation is 1. The maximum absolute atomic E-state index is 12.8. The number of para-hydroxylation sites is 1. The first-order valence-corrected chi connectivity index (χ1v) is 8.16. The van der Waals surface area contributed by atoms with Gasteiger partial charge in [-0.1, -0.05) is 18.2 Å². The van der Waals surface area contributed by atoms with Gasteiger partial charge in [0.15, 0.2) is 5.82 Å². The van der Waals surface area contributed by atoms with Crippen molar-refractivity contribution in [1.29, 1.82) is 0 Å². The molecule has 0 bridgehead atoms. The first-order chi connectivity index (χ1) is 11.5. The lowest BCUT2D eigenvalue weighted by Crippen LogP contribution is -2.42. The van der Waals surface area contributed by atoms with Crippen molar-refractivity contribution < 1.29 is 13.2 Å². The normalized spacial score (nSPS) is 19.5. The van der Waals surface area contributed by atoms with Crippen LogP contribution in [-0.4, -0.2) is 50.9 Å². The number of rotatable bonds is 5. The maximum Gasteiger partial charge on any atom is 0.393 e. The van der Waals surface area contributed by atoms with E-state index in [1.165, 1.54) is 0 Å². The van der Waals surface area contributed by atoms with Gasteiger partial charge in [-0.2, -0.15) is 17.9 Å². The molecule has 1 saturated heterocycles. The second-order valence-corrected chi connectivity index (χ2v) is 6.13. The zero-order chi connectivity index (χ0) is 17.0. The Morgan fingerprint density at radius 3 is 2.71 bits per heavy atom. The predicted molar refractivity (Wildman–Crippen MR) is 82.7 cm³/mol. The van der Waals surface area contributed by atoms with Gasteiger partial charge in [-0.25, -0.2) is 0 Å². The third-order valence-corrected chi connectivity index (χ3v) is 4.38. The maximum atomic E-state index is 12.8. The molecule has 5 nitrogen and oxygen atoms in total. The van der Waals surface area contributed by atoms with Crippen molar-refractivity contribution in [1.82, 2.24) is 25.1 Å². The topological polar surface area (TPSA) is 46.8 Å². The molecule has 2 heterocycles. The highest BCUT2D eigenvalue weighted by atomic mass is 19.4. The molecule has 1 fully saturated rings. The van der Waals surface area contributed by atoms with Gasteiger partial charge < -0.3 is 4.90 Å². The van der Waals surface area contributed by atoms with E-state index < -0.39 is 12.1 Å². The number of benzene rings is 1. The van der Waals surface area contributed by atoms with Crippen LogP contribution in [0.2, 0.25) is 0 Å². The second kappa shape index (κ2) is 7.29. The predicted octanol–water partition coefficient (Wildman–Crippen LogP) is 2.87. The summed E-state index contributed by atoms with van der Waals surface area (Å²) >= 11 is 0. The van der Waals surface area contributed by atoms with Crippen LogP contribution in [0.15, 0.2) is 30.3 Å². The monoisotopic (exact) mass is 339 g/mol. The Morgan fingerprint density at radius 2 is 1.96 bits per heavy atom. The summed E-state index contributed by atoms with van der Waals surface area (Å²) < 4.78 is 40.2. The smallest absolute Gasteiger partial charge is 0.303 e. The van der Waals surface area contributed by atoms with Crippen LogP contribution >= 0.6 is 0 Å². The van der Waals surface area contributed by atoms with Gasteiger partial charge in [0, 0.05) is 13.0 Å². The van der Waals surface area contributed by atoms with E-state index in [2.05, 4.69) is 15.5 Å². The fourth-order valence-electron chi connectivity index (χ4n) is 3.12. The third-order valence-electron chi connectivity index (χ3n) is 4.38. The third kappa shape index (κ3) is 4.11. The van der Waals surface area contributed by atoms with Crippen molar-refractivity contribution in [2.75, 3.05) is 19.6 Å². The molecule has 1 aliphatic rings. The average Bonchev–Trinajstić information content (AvgIpc) is 3.04. The van der Waals surface area contributed by atoms with Crippen LogP contribution in [-0.2, 0) is 6.42 Å². The van der Waals surface area contributed by atoms with Gasteiger partial charge in [0.05, 0.1) is 11.6 Å². The molecular formula is C16H20F3N5. The molecule has 8 heteroatoms. The number of likely N-dealkylation sites (tertiary alicyclic amines) is 1. The number of hydrogen-bond acceptors (Lipinski definition) is 4. The van der Waals surface area contributed by atoms with E-state index in [4.69, 9.17) is 0 Å². The fraction of sp³-hybridized carbons (Fsp3) is 0.562. The summed E-state index contributed by atoms with van der Waals surface area (Å²) in [6.45, 7) is 1.47. The van der Waals surface area contributed by atoms with Crippen molar-refractivity contribution >= 4 is 0 Å². The number of alkyl halides is 3. The summed E-state index contributed by atoms with van der Waals surface area (Å²) in [5.41, 5.74) is 0.882. The van der Waals surface area contributed by atoms with Crippen molar-refractivity contribution in [3.8, 4) is 5.69 Å². The molecule has 0 unspecified atom stereocenters. The number of hydrogen-bond donors (Lipinski definition) is 0. The van der Waals surface area contributed by atoms with Crippen molar-refractivity contribution in [3.05, 3.63) is 36.2 Å².